The summed E-state index contributed by atoms with van der Waals surface area (Å²) in [7, 11) is 0. The molecule has 0 saturated heterocycles. The monoisotopic (exact) mass is 285 g/mol. The van der Waals surface area contributed by atoms with Crippen LogP contribution in [0.3, 0.4) is 0 Å². The molecule has 0 aromatic rings. The van der Waals surface area contributed by atoms with Crippen LogP contribution in [0.1, 0.15) is 64.7 Å². The number of hydrogen-bond donors (Lipinski definition) is 3. The predicted molar refractivity (Wildman–Crippen MR) is 76.3 cm³/mol. The van der Waals surface area contributed by atoms with Crippen LogP contribution in [0.4, 0.5) is 0 Å². The van der Waals surface area contributed by atoms with Gasteiger partial charge in [0, 0.05) is 13.0 Å². The summed E-state index contributed by atoms with van der Waals surface area (Å²) in [6.07, 6.45) is 8.61. The van der Waals surface area contributed by atoms with E-state index in [-0.39, 0.29) is 18.9 Å². The van der Waals surface area contributed by atoms with Gasteiger partial charge in [0.25, 0.3) is 0 Å². The minimum absolute atomic E-state index is 0.0123. The Bertz CT molecular complexity index is 322. The number of carbonyl (C=O) groups excluding carboxylic acids is 1. The van der Waals surface area contributed by atoms with Gasteiger partial charge in [-0.15, -0.1) is 0 Å². The summed E-state index contributed by atoms with van der Waals surface area (Å²) in [6.45, 7) is 1.41. The third-order valence-corrected chi connectivity index (χ3v) is 3.94. The number of nitrogens with one attached hydrogen (secondary N) is 1. The summed E-state index contributed by atoms with van der Waals surface area (Å²) >= 11 is 0. The molecular formula is C15H27NO4. The largest absolute Gasteiger partial charge is 0.481 e. The highest BCUT2D eigenvalue weighted by molar-refractivity contribution is 5.76. The molecule has 0 bridgehead atoms. The fourth-order valence-corrected chi connectivity index (χ4v) is 2.79. The van der Waals surface area contributed by atoms with Crippen molar-refractivity contribution in [1.82, 2.24) is 5.32 Å². The Labute approximate surface area is 120 Å². The first-order valence-electron chi connectivity index (χ1n) is 7.60. The van der Waals surface area contributed by atoms with Gasteiger partial charge in [-0.2, -0.15) is 0 Å². The summed E-state index contributed by atoms with van der Waals surface area (Å²) in [4.78, 5) is 22.2. The molecule has 5 nitrogen and oxygen atoms in total. The molecule has 0 heterocycles. The van der Waals surface area contributed by atoms with E-state index >= 15 is 0 Å². The lowest BCUT2D eigenvalue weighted by atomic mass is 9.86. The molecule has 0 radical (unpaired) electrons. The van der Waals surface area contributed by atoms with Crippen LogP contribution >= 0.6 is 0 Å². The normalized spacial score (nSPS) is 19.3. The Hall–Kier alpha value is -1.10. The molecule has 1 unspecified atom stereocenters. The number of rotatable bonds is 8. The highest BCUT2D eigenvalue weighted by atomic mass is 16.4. The van der Waals surface area contributed by atoms with Crippen LogP contribution in [-0.2, 0) is 9.59 Å². The van der Waals surface area contributed by atoms with Crippen LogP contribution in [0.5, 0.6) is 0 Å². The summed E-state index contributed by atoms with van der Waals surface area (Å²) in [6, 6.07) is 0. The highest BCUT2D eigenvalue weighted by Gasteiger charge is 2.24. The van der Waals surface area contributed by atoms with Gasteiger partial charge in [-0.1, -0.05) is 32.1 Å². The van der Waals surface area contributed by atoms with E-state index < -0.39 is 11.6 Å². The molecule has 0 aliphatic heterocycles. The molecule has 3 N–H and O–H groups in total. The number of aliphatic hydroxyl groups is 1. The number of carboxylic acid groups (broad SMARTS) is 1. The van der Waals surface area contributed by atoms with Gasteiger partial charge in [0.1, 0.15) is 0 Å². The molecule has 20 heavy (non-hydrogen) atoms. The maximum Gasteiger partial charge on any atom is 0.306 e. The number of amides is 1. The Kier molecular flexibility index (Phi) is 6.99. The standard InChI is InChI=1S/C15H27NO4/c1-15(20,10-14(18)19)11-16-13(17)9-5-8-12-6-3-2-4-7-12/h12,20H,2-11H2,1H3,(H,16,17)(H,18,19). The Morgan fingerprint density at radius 1 is 1.25 bits per heavy atom. The lowest BCUT2D eigenvalue weighted by Gasteiger charge is -2.22. The van der Waals surface area contributed by atoms with E-state index in [2.05, 4.69) is 5.32 Å². The summed E-state index contributed by atoms with van der Waals surface area (Å²) < 4.78 is 0. The first-order chi connectivity index (χ1) is 9.39. The minimum atomic E-state index is -1.38. The summed E-state index contributed by atoms with van der Waals surface area (Å²) in [5.41, 5.74) is -1.38. The molecule has 0 spiro atoms. The van der Waals surface area contributed by atoms with Gasteiger partial charge in [0.05, 0.1) is 12.0 Å². The number of carbonyl (C=O) groups is 2. The van der Waals surface area contributed by atoms with E-state index in [0.717, 1.165) is 18.8 Å². The maximum absolute atomic E-state index is 11.6. The van der Waals surface area contributed by atoms with Gasteiger partial charge in [0.15, 0.2) is 0 Å². The van der Waals surface area contributed by atoms with Crippen molar-refractivity contribution in [2.75, 3.05) is 6.54 Å². The van der Waals surface area contributed by atoms with Gasteiger partial charge < -0.3 is 15.5 Å². The van der Waals surface area contributed by atoms with E-state index in [0.29, 0.717) is 6.42 Å². The van der Waals surface area contributed by atoms with Crippen LogP contribution in [0.2, 0.25) is 0 Å². The van der Waals surface area contributed by atoms with Crippen LogP contribution in [0.25, 0.3) is 0 Å². The third kappa shape index (κ3) is 7.48. The second-order valence-corrected chi connectivity index (χ2v) is 6.24. The fraction of sp³-hybridized carbons (Fsp3) is 0.867. The van der Waals surface area contributed by atoms with Crippen molar-refractivity contribution >= 4 is 11.9 Å². The molecule has 1 aliphatic rings. The van der Waals surface area contributed by atoms with E-state index in [1.807, 2.05) is 0 Å². The van der Waals surface area contributed by atoms with Gasteiger partial charge in [-0.3, -0.25) is 9.59 Å². The van der Waals surface area contributed by atoms with Gasteiger partial charge in [-0.05, 0) is 25.7 Å². The predicted octanol–water partition coefficient (Wildman–Crippen LogP) is 2.08. The molecule has 1 rings (SSSR count). The number of aliphatic carboxylic acids is 1. The minimum Gasteiger partial charge on any atom is -0.481 e. The van der Waals surface area contributed by atoms with Gasteiger partial charge >= 0.3 is 5.97 Å². The van der Waals surface area contributed by atoms with Gasteiger partial charge in [-0.25, -0.2) is 0 Å². The number of hydrogen-bond acceptors (Lipinski definition) is 3. The Balaban J connectivity index is 2.12. The zero-order valence-electron chi connectivity index (χ0n) is 12.4. The van der Waals surface area contributed by atoms with Crippen molar-refractivity contribution in [3.05, 3.63) is 0 Å². The molecular weight excluding hydrogens is 258 g/mol. The van der Waals surface area contributed by atoms with Crippen LogP contribution in [0.15, 0.2) is 0 Å². The van der Waals surface area contributed by atoms with Crippen molar-refractivity contribution < 1.29 is 19.8 Å². The summed E-state index contributed by atoms with van der Waals surface area (Å²) in [5.74, 6) is -0.403. The fourth-order valence-electron chi connectivity index (χ4n) is 2.79. The second-order valence-electron chi connectivity index (χ2n) is 6.24. The SMILES string of the molecule is CC(O)(CNC(=O)CCCC1CCCCC1)CC(=O)O. The first kappa shape index (κ1) is 17.0. The number of carboxylic acids is 1. The third-order valence-electron chi connectivity index (χ3n) is 3.94. The van der Waals surface area contributed by atoms with E-state index in [1.54, 1.807) is 0 Å². The average molecular weight is 285 g/mol. The lowest BCUT2D eigenvalue weighted by molar-refractivity contribution is -0.142. The summed E-state index contributed by atoms with van der Waals surface area (Å²) in [5, 5.41) is 21.0. The molecule has 5 heteroatoms. The zero-order chi connectivity index (χ0) is 15.0. The van der Waals surface area contributed by atoms with Crippen molar-refractivity contribution in [3.63, 3.8) is 0 Å². The van der Waals surface area contributed by atoms with Crippen LogP contribution < -0.4 is 5.32 Å². The lowest BCUT2D eigenvalue weighted by Crippen LogP contribution is -2.42. The van der Waals surface area contributed by atoms with Crippen molar-refractivity contribution in [2.45, 2.75) is 70.3 Å². The zero-order valence-corrected chi connectivity index (χ0v) is 12.4. The Morgan fingerprint density at radius 3 is 2.50 bits per heavy atom. The molecule has 1 aliphatic carbocycles. The van der Waals surface area contributed by atoms with Crippen molar-refractivity contribution in [2.24, 2.45) is 5.92 Å². The van der Waals surface area contributed by atoms with E-state index in [4.69, 9.17) is 5.11 Å². The van der Waals surface area contributed by atoms with E-state index in [1.165, 1.54) is 39.0 Å². The molecule has 1 fully saturated rings. The second kappa shape index (κ2) is 8.25. The first-order valence-corrected chi connectivity index (χ1v) is 7.60. The molecule has 1 saturated carbocycles. The van der Waals surface area contributed by atoms with E-state index in [9.17, 15) is 14.7 Å². The topological polar surface area (TPSA) is 86.6 Å². The van der Waals surface area contributed by atoms with Crippen molar-refractivity contribution in [3.8, 4) is 0 Å². The van der Waals surface area contributed by atoms with Crippen molar-refractivity contribution in [1.29, 1.82) is 0 Å². The molecule has 1 amide bonds. The average Bonchev–Trinajstić information content (AvgIpc) is 2.36. The highest BCUT2D eigenvalue weighted by Crippen LogP contribution is 2.27. The Morgan fingerprint density at radius 2 is 1.90 bits per heavy atom. The van der Waals surface area contributed by atoms with Crippen LogP contribution in [-0.4, -0.2) is 34.2 Å². The molecule has 0 aromatic heterocycles. The molecule has 116 valence electrons. The molecule has 1 atom stereocenters. The quantitative estimate of drug-likeness (QED) is 0.637. The maximum atomic E-state index is 11.6. The molecule has 0 aromatic carbocycles. The van der Waals surface area contributed by atoms with Gasteiger partial charge in [0.2, 0.25) is 5.91 Å². The smallest absolute Gasteiger partial charge is 0.306 e. The van der Waals surface area contributed by atoms with Crippen LogP contribution in [0, 0.1) is 5.92 Å².